The van der Waals surface area contributed by atoms with E-state index in [1.807, 2.05) is 4.90 Å². The fraction of sp³-hybridized carbons (Fsp3) is 0.391. The molecule has 1 aliphatic rings. The molecule has 0 saturated carbocycles. The van der Waals surface area contributed by atoms with E-state index in [4.69, 9.17) is 10.5 Å². The van der Waals surface area contributed by atoms with Crippen LogP contribution in [0.25, 0.3) is 0 Å². The number of nitrogens with zero attached hydrogens (tertiary/aromatic N) is 1. The van der Waals surface area contributed by atoms with Crippen molar-refractivity contribution < 1.29 is 27.1 Å². The Hall–Kier alpha value is -3.14. The van der Waals surface area contributed by atoms with Crippen LogP contribution in [-0.2, 0) is 25.8 Å². The molecule has 0 atom stereocenters. The molecule has 10 heteroatoms. The van der Waals surface area contributed by atoms with Crippen molar-refractivity contribution in [3.63, 3.8) is 0 Å². The van der Waals surface area contributed by atoms with Gasteiger partial charge in [-0.25, -0.2) is 12.8 Å². The Morgan fingerprint density at radius 3 is 2.39 bits per heavy atom. The molecule has 1 amide bonds. The summed E-state index contributed by atoms with van der Waals surface area (Å²) in [6, 6.07) is 8.52. The van der Waals surface area contributed by atoms with E-state index in [1.54, 1.807) is 32.9 Å². The minimum atomic E-state index is -3.03. The Morgan fingerprint density at radius 2 is 1.79 bits per heavy atom. The Kier molecular flexibility index (Phi) is 6.97. The standard InChI is InChI=1S/C23H28FN3O5S/c1-23(2,3)32-21(28)14-16-12-17(24)5-6-19(16)26-22(29)15-4-7-20(18(25)13-15)27-8-10-33(30,31)11-9-27/h4-7,12-13H,8-11,14,25H2,1-3H3,(H,26,29). The normalized spacial score (nSPS) is 15.7. The number of benzene rings is 2. The quantitative estimate of drug-likeness (QED) is 0.502. The second-order valence-electron chi connectivity index (χ2n) is 8.93. The van der Waals surface area contributed by atoms with Gasteiger partial charge >= 0.3 is 5.97 Å². The first-order chi connectivity index (χ1) is 15.3. The second kappa shape index (κ2) is 9.38. The zero-order valence-electron chi connectivity index (χ0n) is 18.9. The zero-order chi connectivity index (χ0) is 24.4. The number of anilines is 3. The summed E-state index contributed by atoms with van der Waals surface area (Å²) in [5, 5.41) is 2.70. The van der Waals surface area contributed by atoms with E-state index >= 15 is 0 Å². The average Bonchev–Trinajstić information content (AvgIpc) is 2.69. The van der Waals surface area contributed by atoms with E-state index in [-0.39, 0.29) is 34.7 Å². The minimum absolute atomic E-state index is 0.0552. The van der Waals surface area contributed by atoms with Crippen molar-refractivity contribution >= 4 is 38.8 Å². The van der Waals surface area contributed by atoms with Crippen LogP contribution >= 0.6 is 0 Å². The fourth-order valence-corrected chi connectivity index (χ4v) is 4.70. The third kappa shape index (κ3) is 6.67. The molecule has 0 radical (unpaired) electrons. The number of carbonyl (C=O) groups excluding carboxylic acids is 2. The number of halogens is 1. The van der Waals surface area contributed by atoms with Gasteiger partial charge in [-0.2, -0.15) is 0 Å². The number of ether oxygens (including phenoxy) is 1. The first kappa shape index (κ1) is 24.5. The van der Waals surface area contributed by atoms with Crippen LogP contribution in [0.4, 0.5) is 21.5 Å². The lowest BCUT2D eigenvalue weighted by Gasteiger charge is -2.29. The number of rotatable bonds is 5. The lowest BCUT2D eigenvalue weighted by molar-refractivity contribution is -0.153. The molecule has 8 nitrogen and oxygen atoms in total. The molecule has 0 aromatic heterocycles. The zero-order valence-corrected chi connectivity index (χ0v) is 19.7. The van der Waals surface area contributed by atoms with Crippen LogP contribution in [0.5, 0.6) is 0 Å². The van der Waals surface area contributed by atoms with Crippen LogP contribution in [0, 0.1) is 5.82 Å². The van der Waals surface area contributed by atoms with Crippen molar-refractivity contribution in [2.45, 2.75) is 32.8 Å². The van der Waals surface area contributed by atoms with Gasteiger partial charge in [-0.3, -0.25) is 9.59 Å². The Morgan fingerprint density at radius 1 is 1.12 bits per heavy atom. The smallest absolute Gasteiger partial charge is 0.310 e. The Labute approximate surface area is 192 Å². The summed E-state index contributed by atoms with van der Waals surface area (Å²) in [5.41, 5.74) is 7.31. The van der Waals surface area contributed by atoms with Crippen molar-refractivity contribution in [3.8, 4) is 0 Å². The van der Waals surface area contributed by atoms with Gasteiger partial charge in [0.25, 0.3) is 5.91 Å². The van der Waals surface area contributed by atoms with Crippen molar-refractivity contribution in [1.82, 2.24) is 0 Å². The number of nitrogens with two attached hydrogens (primary N) is 1. The SMILES string of the molecule is CC(C)(C)OC(=O)Cc1cc(F)ccc1NC(=O)c1ccc(N2CCS(=O)(=O)CC2)c(N)c1. The lowest BCUT2D eigenvalue weighted by Crippen LogP contribution is -2.40. The molecule has 3 N–H and O–H groups in total. The van der Waals surface area contributed by atoms with Gasteiger partial charge in [-0.05, 0) is 62.7 Å². The summed E-state index contributed by atoms with van der Waals surface area (Å²) >= 11 is 0. The number of sulfone groups is 1. The van der Waals surface area contributed by atoms with Crippen molar-refractivity contribution in [1.29, 1.82) is 0 Å². The number of nitrogen functional groups attached to an aromatic ring is 1. The highest BCUT2D eigenvalue weighted by Gasteiger charge is 2.24. The van der Waals surface area contributed by atoms with Crippen LogP contribution in [0.15, 0.2) is 36.4 Å². The predicted molar refractivity (Wildman–Crippen MR) is 126 cm³/mol. The van der Waals surface area contributed by atoms with E-state index < -0.39 is 33.1 Å². The molecule has 1 saturated heterocycles. The molecule has 0 bridgehead atoms. The number of esters is 1. The van der Waals surface area contributed by atoms with Gasteiger partial charge in [0.2, 0.25) is 0 Å². The van der Waals surface area contributed by atoms with E-state index in [1.165, 1.54) is 24.3 Å². The average molecular weight is 478 g/mol. The van der Waals surface area contributed by atoms with Gasteiger partial charge in [-0.15, -0.1) is 0 Å². The maximum atomic E-state index is 13.8. The van der Waals surface area contributed by atoms with Gasteiger partial charge < -0.3 is 20.7 Å². The topological polar surface area (TPSA) is 119 Å². The molecular formula is C23H28FN3O5S. The molecule has 1 aliphatic heterocycles. The molecule has 0 spiro atoms. The first-order valence-corrected chi connectivity index (χ1v) is 12.3. The fourth-order valence-electron chi connectivity index (χ4n) is 3.50. The molecule has 33 heavy (non-hydrogen) atoms. The number of nitrogens with one attached hydrogen (secondary N) is 1. The monoisotopic (exact) mass is 477 g/mol. The largest absolute Gasteiger partial charge is 0.460 e. The minimum Gasteiger partial charge on any atom is -0.460 e. The van der Waals surface area contributed by atoms with E-state index in [2.05, 4.69) is 5.32 Å². The summed E-state index contributed by atoms with van der Waals surface area (Å²) in [4.78, 5) is 26.9. The van der Waals surface area contributed by atoms with Crippen LogP contribution in [0.3, 0.4) is 0 Å². The molecule has 1 fully saturated rings. The van der Waals surface area contributed by atoms with Crippen LogP contribution in [0.1, 0.15) is 36.7 Å². The highest BCUT2D eigenvalue weighted by atomic mass is 32.2. The Bertz CT molecular complexity index is 1160. The highest BCUT2D eigenvalue weighted by molar-refractivity contribution is 7.91. The summed E-state index contributed by atoms with van der Waals surface area (Å²) in [6.45, 7) is 5.87. The van der Waals surface area contributed by atoms with Crippen molar-refractivity contribution in [2.24, 2.45) is 0 Å². The van der Waals surface area contributed by atoms with Crippen LogP contribution in [-0.4, -0.2) is 50.5 Å². The second-order valence-corrected chi connectivity index (χ2v) is 11.2. The summed E-state index contributed by atoms with van der Waals surface area (Å²) in [5.74, 6) is -1.45. The molecule has 0 unspecified atom stereocenters. The van der Waals surface area contributed by atoms with Crippen LogP contribution in [0.2, 0.25) is 0 Å². The molecular weight excluding hydrogens is 449 g/mol. The van der Waals surface area contributed by atoms with Crippen molar-refractivity contribution in [3.05, 3.63) is 53.3 Å². The van der Waals surface area contributed by atoms with Crippen LogP contribution < -0.4 is 16.0 Å². The number of hydrogen-bond donors (Lipinski definition) is 2. The van der Waals surface area contributed by atoms with Crippen molar-refractivity contribution in [2.75, 3.05) is 40.5 Å². The van der Waals surface area contributed by atoms with E-state index in [9.17, 15) is 22.4 Å². The molecule has 2 aromatic carbocycles. The summed E-state index contributed by atoms with van der Waals surface area (Å²) < 4.78 is 42.4. The van der Waals surface area contributed by atoms with E-state index in [0.29, 0.717) is 24.5 Å². The Balaban J connectivity index is 1.75. The maximum absolute atomic E-state index is 13.8. The summed E-state index contributed by atoms with van der Waals surface area (Å²) in [6.07, 6.45) is -0.205. The summed E-state index contributed by atoms with van der Waals surface area (Å²) in [7, 11) is -3.03. The molecule has 3 rings (SSSR count). The van der Waals surface area contributed by atoms with Gasteiger partial charge in [0.15, 0.2) is 9.84 Å². The molecule has 2 aromatic rings. The first-order valence-electron chi connectivity index (χ1n) is 10.5. The third-order valence-electron chi connectivity index (χ3n) is 5.05. The van der Waals surface area contributed by atoms with Gasteiger partial charge in [-0.1, -0.05) is 0 Å². The maximum Gasteiger partial charge on any atom is 0.310 e. The predicted octanol–water partition coefficient (Wildman–Crippen LogP) is 2.78. The molecule has 1 heterocycles. The van der Waals surface area contributed by atoms with Gasteiger partial charge in [0.05, 0.1) is 29.3 Å². The van der Waals surface area contributed by atoms with Gasteiger partial charge in [0, 0.05) is 24.3 Å². The van der Waals surface area contributed by atoms with Gasteiger partial charge in [0.1, 0.15) is 11.4 Å². The lowest BCUT2D eigenvalue weighted by atomic mass is 10.1. The molecule has 178 valence electrons. The number of amides is 1. The molecule has 0 aliphatic carbocycles. The number of carbonyl (C=O) groups is 2. The highest BCUT2D eigenvalue weighted by Crippen LogP contribution is 2.27. The third-order valence-corrected chi connectivity index (χ3v) is 6.65. The number of hydrogen-bond acceptors (Lipinski definition) is 7. The van der Waals surface area contributed by atoms with E-state index in [0.717, 1.165) is 0 Å².